The van der Waals surface area contributed by atoms with Crippen LogP contribution in [0.2, 0.25) is 0 Å². The standard InChI is InChI=1S/C7H5N3O2/c11-7(12)4-3-10-6-5(4)8-1-2-9-6/h1-3H,(H,9,10)(H,11,12). The van der Waals surface area contributed by atoms with Crippen LogP contribution in [0, 0.1) is 0 Å². The molecule has 0 atom stereocenters. The van der Waals surface area contributed by atoms with E-state index in [1.54, 1.807) is 0 Å². The van der Waals surface area contributed by atoms with Crippen molar-refractivity contribution in [1.82, 2.24) is 15.0 Å². The number of aromatic nitrogens is 3. The number of carbonyl (C=O) groups is 1. The molecule has 2 N–H and O–H groups in total. The number of hydrogen-bond acceptors (Lipinski definition) is 3. The second-order valence-corrected chi connectivity index (χ2v) is 2.26. The Morgan fingerprint density at radius 2 is 2.17 bits per heavy atom. The molecule has 0 saturated heterocycles. The molecule has 5 heteroatoms. The average molecular weight is 163 g/mol. The fourth-order valence-corrected chi connectivity index (χ4v) is 1.01. The van der Waals surface area contributed by atoms with E-state index in [1.807, 2.05) is 0 Å². The minimum absolute atomic E-state index is 0.151. The zero-order valence-electron chi connectivity index (χ0n) is 5.98. The third-order valence-corrected chi connectivity index (χ3v) is 1.54. The van der Waals surface area contributed by atoms with Gasteiger partial charge in [0.15, 0.2) is 5.65 Å². The van der Waals surface area contributed by atoms with E-state index in [9.17, 15) is 4.79 Å². The van der Waals surface area contributed by atoms with Crippen LogP contribution >= 0.6 is 0 Å². The monoisotopic (exact) mass is 163 g/mol. The van der Waals surface area contributed by atoms with Crippen LogP contribution in [-0.2, 0) is 0 Å². The molecule has 0 amide bonds. The molecular weight excluding hydrogens is 158 g/mol. The number of aromatic amines is 1. The van der Waals surface area contributed by atoms with Gasteiger partial charge in [-0.25, -0.2) is 9.78 Å². The zero-order valence-corrected chi connectivity index (χ0v) is 5.98. The van der Waals surface area contributed by atoms with Gasteiger partial charge >= 0.3 is 5.97 Å². The molecule has 2 aromatic rings. The number of nitrogens with zero attached hydrogens (tertiary/aromatic N) is 2. The summed E-state index contributed by atoms with van der Waals surface area (Å²) in [5.41, 5.74) is 1.04. The lowest BCUT2D eigenvalue weighted by Gasteiger charge is -1.87. The van der Waals surface area contributed by atoms with Crippen LogP contribution in [0.15, 0.2) is 18.6 Å². The van der Waals surface area contributed by atoms with Crippen molar-refractivity contribution in [2.24, 2.45) is 0 Å². The lowest BCUT2D eigenvalue weighted by molar-refractivity contribution is 0.0699. The smallest absolute Gasteiger partial charge is 0.339 e. The van der Waals surface area contributed by atoms with Crippen LogP contribution < -0.4 is 0 Å². The Hall–Kier alpha value is -1.91. The topological polar surface area (TPSA) is 78.9 Å². The summed E-state index contributed by atoms with van der Waals surface area (Å²) in [4.78, 5) is 21.1. The maximum Gasteiger partial charge on any atom is 0.339 e. The molecule has 0 radical (unpaired) electrons. The van der Waals surface area contributed by atoms with Crippen LogP contribution in [0.3, 0.4) is 0 Å². The first kappa shape index (κ1) is 6.78. The van der Waals surface area contributed by atoms with Gasteiger partial charge in [-0.2, -0.15) is 0 Å². The van der Waals surface area contributed by atoms with Gasteiger partial charge in [0.25, 0.3) is 0 Å². The number of fused-ring (bicyclic) bond motifs is 1. The molecular formula is C7H5N3O2. The highest BCUT2D eigenvalue weighted by atomic mass is 16.4. The molecule has 0 aliphatic heterocycles. The molecule has 0 aromatic carbocycles. The summed E-state index contributed by atoms with van der Waals surface area (Å²) in [5.74, 6) is -0.998. The number of hydrogen-bond donors (Lipinski definition) is 2. The summed E-state index contributed by atoms with van der Waals surface area (Å²) in [6.45, 7) is 0. The number of carboxylic acids is 1. The first-order chi connectivity index (χ1) is 5.79. The predicted molar refractivity (Wildman–Crippen MR) is 40.8 cm³/mol. The summed E-state index contributed by atoms with van der Waals surface area (Å²) in [6, 6.07) is 0. The minimum atomic E-state index is -0.998. The van der Waals surface area contributed by atoms with Gasteiger partial charge in [-0.05, 0) is 0 Å². The van der Waals surface area contributed by atoms with E-state index in [0.717, 1.165) is 0 Å². The summed E-state index contributed by atoms with van der Waals surface area (Å²) < 4.78 is 0. The molecule has 2 aromatic heterocycles. The van der Waals surface area contributed by atoms with Gasteiger partial charge in [-0.15, -0.1) is 0 Å². The summed E-state index contributed by atoms with van der Waals surface area (Å²) in [5, 5.41) is 8.68. The van der Waals surface area contributed by atoms with Crippen molar-refractivity contribution in [2.45, 2.75) is 0 Å². The summed E-state index contributed by atoms with van der Waals surface area (Å²) in [6.07, 6.45) is 4.35. The number of nitrogens with one attached hydrogen (secondary N) is 1. The third-order valence-electron chi connectivity index (χ3n) is 1.54. The van der Waals surface area contributed by atoms with Gasteiger partial charge in [0.1, 0.15) is 11.1 Å². The first-order valence-electron chi connectivity index (χ1n) is 3.30. The van der Waals surface area contributed by atoms with E-state index >= 15 is 0 Å². The zero-order chi connectivity index (χ0) is 8.55. The van der Waals surface area contributed by atoms with Gasteiger partial charge in [0.2, 0.25) is 0 Å². The predicted octanol–water partition coefficient (Wildman–Crippen LogP) is 0.656. The molecule has 0 aliphatic carbocycles. The highest BCUT2D eigenvalue weighted by molar-refractivity contribution is 6.00. The van der Waals surface area contributed by atoms with Gasteiger partial charge in [0.05, 0.1) is 0 Å². The van der Waals surface area contributed by atoms with Gasteiger partial charge in [-0.3, -0.25) is 4.98 Å². The third kappa shape index (κ3) is 0.833. The van der Waals surface area contributed by atoms with E-state index in [1.165, 1.54) is 18.6 Å². The summed E-state index contributed by atoms with van der Waals surface area (Å²) in [7, 11) is 0. The molecule has 0 bridgehead atoms. The van der Waals surface area contributed by atoms with Crippen molar-refractivity contribution in [1.29, 1.82) is 0 Å². The van der Waals surface area contributed by atoms with E-state index in [0.29, 0.717) is 11.2 Å². The second-order valence-electron chi connectivity index (χ2n) is 2.26. The van der Waals surface area contributed by atoms with E-state index in [2.05, 4.69) is 15.0 Å². The van der Waals surface area contributed by atoms with E-state index in [4.69, 9.17) is 5.11 Å². The Balaban J connectivity index is 2.79. The number of aromatic carboxylic acids is 1. The van der Waals surface area contributed by atoms with Crippen molar-refractivity contribution in [3.63, 3.8) is 0 Å². The molecule has 2 rings (SSSR count). The van der Waals surface area contributed by atoms with Crippen LogP contribution in [0.1, 0.15) is 10.4 Å². The lowest BCUT2D eigenvalue weighted by Crippen LogP contribution is -1.94. The van der Waals surface area contributed by atoms with E-state index in [-0.39, 0.29) is 5.56 Å². The van der Waals surface area contributed by atoms with Crippen molar-refractivity contribution in [3.8, 4) is 0 Å². The Bertz CT molecular complexity index is 435. The molecule has 2 heterocycles. The highest BCUT2D eigenvalue weighted by Gasteiger charge is 2.10. The van der Waals surface area contributed by atoms with E-state index < -0.39 is 5.97 Å². The van der Waals surface area contributed by atoms with Crippen molar-refractivity contribution < 1.29 is 9.90 Å². The van der Waals surface area contributed by atoms with Crippen LogP contribution in [-0.4, -0.2) is 26.0 Å². The quantitative estimate of drug-likeness (QED) is 0.647. The van der Waals surface area contributed by atoms with Crippen molar-refractivity contribution >= 4 is 17.1 Å². The minimum Gasteiger partial charge on any atom is -0.478 e. The van der Waals surface area contributed by atoms with Crippen LogP contribution in [0.4, 0.5) is 0 Å². The molecule has 60 valence electrons. The molecule has 0 fully saturated rings. The number of H-pyrrole nitrogens is 1. The fraction of sp³-hybridized carbons (Fsp3) is 0. The molecule has 0 spiro atoms. The Morgan fingerprint density at radius 1 is 1.42 bits per heavy atom. The Kier molecular flexibility index (Phi) is 1.30. The highest BCUT2D eigenvalue weighted by Crippen LogP contribution is 2.11. The maximum absolute atomic E-state index is 10.6. The molecule has 0 unspecified atom stereocenters. The molecule has 12 heavy (non-hydrogen) atoms. The molecule has 0 aliphatic rings. The second kappa shape index (κ2) is 2.30. The SMILES string of the molecule is O=C(O)c1c[nH]c2nccnc12. The molecule has 0 saturated carbocycles. The lowest BCUT2D eigenvalue weighted by atomic mass is 10.3. The number of rotatable bonds is 1. The van der Waals surface area contributed by atoms with Gasteiger partial charge in [-0.1, -0.05) is 0 Å². The average Bonchev–Trinajstić information content (AvgIpc) is 2.47. The van der Waals surface area contributed by atoms with Crippen molar-refractivity contribution in [2.75, 3.05) is 0 Å². The Labute approximate surface area is 67.1 Å². The number of carboxylic acid groups (broad SMARTS) is 1. The van der Waals surface area contributed by atoms with Gasteiger partial charge < -0.3 is 10.1 Å². The van der Waals surface area contributed by atoms with Crippen LogP contribution in [0.5, 0.6) is 0 Å². The maximum atomic E-state index is 10.6. The largest absolute Gasteiger partial charge is 0.478 e. The normalized spacial score (nSPS) is 10.3. The fourth-order valence-electron chi connectivity index (χ4n) is 1.01. The van der Waals surface area contributed by atoms with Crippen LogP contribution in [0.25, 0.3) is 11.2 Å². The van der Waals surface area contributed by atoms with Gasteiger partial charge in [0, 0.05) is 18.6 Å². The molecule has 5 nitrogen and oxygen atoms in total. The summed E-state index contributed by atoms with van der Waals surface area (Å²) >= 11 is 0. The Morgan fingerprint density at radius 3 is 2.92 bits per heavy atom. The first-order valence-corrected chi connectivity index (χ1v) is 3.30. The van der Waals surface area contributed by atoms with Crippen molar-refractivity contribution in [3.05, 3.63) is 24.2 Å².